The van der Waals surface area contributed by atoms with Crippen LogP contribution in [0.3, 0.4) is 0 Å². The average molecular weight is 219 g/mol. The number of nitrogens with zero attached hydrogens (tertiary/aromatic N) is 2. The summed E-state index contributed by atoms with van der Waals surface area (Å²) in [7, 11) is 0. The molecule has 1 aliphatic rings. The maximum absolute atomic E-state index is 4.40. The van der Waals surface area contributed by atoms with Crippen molar-refractivity contribution in [2.75, 3.05) is 5.32 Å². The molecule has 1 heterocycles. The highest BCUT2D eigenvalue weighted by molar-refractivity contribution is 5.34. The Bertz CT molecular complexity index is 341. The van der Waals surface area contributed by atoms with E-state index in [2.05, 4.69) is 29.1 Å². The van der Waals surface area contributed by atoms with E-state index in [0.717, 1.165) is 23.5 Å². The lowest BCUT2D eigenvalue weighted by molar-refractivity contribution is 0.280. The Morgan fingerprint density at radius 3 is 2.50 bits per heavy atom. The molecule has 88 valence electrons. The Morgan fingerprint density at radius 2 is 1.88 bits per heavy atom. The first-order chi connectivity index (χ1) is 7.63. The molecule has 0 aromatic carbocycles. The Labute approximate surface area is 97.7 Å². The Balaban J connectivity index is 1.98. The first kappa shape index (κ1) is 11.4. The molecule has 1 saturated carbocycles. The zero-order valence-electron chi connectivity index (χ0n) is 10.4. The first-order valence-corrected chi connectivity index (χ1v) is 6.19. The number of nitrogens with one attached hydrogen (secondary N) is 1. The smallest absolute Gasteiger partial charge is 0.129 e. The molecule has 2 rings (SSSR count). The minimum Gasteiger partial charge on any atom is -0.367 e. The van der Waals surface area contributed by atoms with Gasteiger partial charge in [0.25, 0.3) is 0 Å². The molecule has 0 spiro atoms. The van der Waals surface area contributed by atoms with E-state index in [1.807, 2.05) is 19.2 Å². The third-order valence-electron chi connectivity index (χ3n) is 3.31. The lowest BCUT2D eigenvalue weighted by atomic mass is 9.80. The van der Waals surface area contributed by atoms with Crippen LogP contribution >= 0.6 is 0 Å². The van der Waals surface area contributed by atoms with Crippen LogP contribution in [0.4, 0.5) is 5.82 Å². The molecule has 1 fully saturated rings. The van der Waals surface area contributed by atoms with Gasteiger partial charge in [0.05, 0.1) is 0 Å². The van der Waals surface area contributed by atoms with Crippen LogP contribution in [-0.2, 0) is 0 Å². The predicted molar refractivity (Wildman–Crippen MR) is 66.4 cm³/mol. The van der Waals surface area contributed by atoms with Crippen molar-refractivity contribution in [3.8, 4) is 0 Å². The second kappa shape index (κ2) is 4.81. The number of hydrogen-bond acceptors (Lipinski definition) is 3. The summed E-state index contributed by atoms with van der Waals surface area (Å²) in [6, 6.07) is 2.53. The molecule has 0 radical (unpaired) electrons. The van der Waals surface area contributed by atoms with Gasteiger partial charge < -0.3 is 5.32 Å². The monoisotopic (exact) mass is 219 g/mol. The zero-order valence-corrected chi connectivity index (χ0v) is 10.4. The average Bonchev–Trinajstić information content (AvgIpc) is 2.15. The number of anilines is 1. The van der Waals surface area contributed by atoms with Gasteiger partial charge in [-0.15, -0.1) is 0 Å². The highest BCUT2D eigenvalue weighted by Gasteiger charge is 2.23. The van der Waals surface area contributed by atoms with Crippen molar-refractivity contribution in [2.45, 2.75) is 46.1 Å². The van der Waals surface area contributed by atoms with Crippen LogP contribution in [0.25, 0.3) is 0 Å². The van der Waals surface area contributed by atoms with Crippen LogP contribution < -0.4 is 5.32 Å². The molecule has 16 heavy (non-hydrogen) atoms. The van der Waals surface area contributed by atoms with Crippen LogP contribution in [0.2, 0.25) is 0 Å². The predicted octanol–water partition coefficient (Wildman–Crippen LogP) is 3.02. The largest absolute Gasteiger partial charge is 0.367 e. The van der Waals surface area contributed by atoms with Gasteiger partial charge in [0.15, 0.2) is 0 Å². The summed E-state index contributed by atoms with van der Waals surface area (Å²) in [4.78, 5) is 8.51. The maximum atomic E-state index is 4.40. The molecule has 1 N–H and O–H groups in total. The van der Waals surface area contributed by atoms with Crippen LogP contribution in [-0.4, -0.2) is 16.0 Å². The maximum Gasteiger partial charge on any atom is 0.129 e. The van der Waals surface area contributed by atoms with Gasteiger partial charge in [0.2, 0.25) is 0 Å². The van der Waals surface area contributed by atoms with Crippen molar-refractivity contribution < 1.29 is 0 Å². The standard InChI is InChI=1S/C13H21N3/c1-9-6-10(2)8-12(7-9)16-13-4-5-14-11(3)15-13/h4-5,9-10,12H,6-8H2,1-3H3,(H,14,15,16). The van der Waals surface area contributed by atoms with E-state index >= 15 is 0 Å². The van der Waals surface area contributed by atoms with Gasteiger partial charge in [0.1, 0.15) is 11.6 Å². The number of aryl methyl sites for hydroxylation is 1. The molecule has 1 aliphatic carbocycles. The molecule has 0 bridgehead atoms. The normalized spacial score (nSPS) is 30.1. The van der Waals surface area contributed by atoms with Crippen molar-refractivity contribution in [2.24, 2.45) is 11.8 Å². The minimum atomic E-state index is 0.577. The van der Waals surface area contributed by atoms with Gasteiger partial charge in [-0.3, -0.25) is 0 Å². The van der Waals surface area contributed by atoms with Crippen molar-refractivity contribution in [1.29, 1.82) is 0 Å². The number of hydrogen-bond donors (Lipinski definition) is 1. The van der Waals surface area contributed by atoms with Gasteiger partial charge in [-0.2, -0.15) is 0 Å². The van der Waals surface area contributed by atoms with Crippen LogP contribution in [0.1, 0.15) is 38.9 Å². The van der Waals surface area contributed by atoms with Gasteiger partial charge in [0, 0.05) is 12.2 Å². The van der Waals surface area contributed by atoms with E-state index in [0.29, 0.717) is 6.04 Å². The first-order valence-electron chi connectivity index (χ1n) is 6.19. The van der Waals surface area contributed by atoms with E-state index in [4.69, 9.17) is 0 Å². The molecule has 2 unspecified atom stereocenters. The Morgan fingerprint density at radius 1 is 1.19 bits per heavy atom. The molecule has 1 aromatic rings. The lowest BCUT2D eigenvalue weighted by Gasteiger charge is -2.32. The highest BCUT2D eigenvalue weighted by Crippen LogP contribution is 2.29. The summed E-state index contributed by atoms with van der Waals surface area (Å²) in [5, 5.41) is 3.53. The fraction of sp³-hybridized carbons (Fsp3) is 0.692. The zero-order chi connectivity index (χ0) is 11.5. The molecule has 0 aliphatic heterocycles. The van der Waals surface area contributed by atoms with Crippen LogP contribution in [0, 0.1) is 18.8 Å². The topological polar surface area (TPSA) is 37.8 Å². The molecular weight excluding hydrogens is 198 g/mol. The molecule has 3 nitrogen and oxygen atoms in total. The number of rotatable bonds is 2. The van der Waals surface area contributed by atoms with E-state index in [1.54, 1.807) is 0 Å². The third-order valence-corrected chi connectivity index (χ3v) is 3.31. The van der Waals surface area contributed by atoms with Crippen molar-refractivity contribution in [3.63, 3.8) is 0 Å². The summed E-state index contributed by atoms with van der Waals surface area (Å²) < 4.78 is 0. The second-order valence-corrected chi connectivity index (χ2v) is 5.25. The molecular formula is C13H21N3. The fourth-order valence-electron chi connectivity index (χ4n) is 2.81. The van der Waals surface area contributed by atoms with Crippen LogP contribution in [0.15, 0.2) is 12.3 Å². The van der Waals surface area contributed by atoms with Crippen molar-refractivity contribution >= 4 is 5.82 Å². The van der Waals surface area contributed by atoms with Gasteiger partial charge in [-0.1, -0.05) is 13.8 Å². The molecule has 0 amide bonds. The van der Waals surface area contributed by atoms with Crippen molar-refractivity contribution in [3.05, 3.63) is 18.1 Å². The summed E-state index contributed by atoms with van der Waals surface area (Å²) in [6.45, 7) is 6.61. The Hall–Kier alpha value is -1.12. The van der Waals surface area contributed by atoms with Crippen molar-refractivity contribution in [1.82, 2.24) is 9.97 Å². The second-order valence-electron chi connectivity index (χ2n) is 5.25. The molecule has 2 atom stereocenters. The molecule has 1 aromatic heterocycles. The van der Waals surface area contributed by atoms with Gasteiger partial charge in [-0.05, 0) is 44.1 Å². The van der Waals surface area contributed by atoms with E-state index in [9.17, 15) is 0 Å². The quantitative estimate of drug-likeness (QED) is 0.830. The Kier molecular flexibility index (Phi) is 3.42. The summed E-state index contributed by atoms with van der Waals surface area (Å²) in [5.74, 6) is 3.45. The molecule has 0 saturated heterocycles. The molecule has 3 heteroatoms. The van der Waals surface area contributed by atoms with Crippen LogP contribution in [0.5, 0.6) is 0 Å². The highest BCUT2D eigenvalue weighted by atomic mass is 15.0. The lowest BCUT2D eigenvalue weighted by Crippen LogP contribution is -2.30. The van der Waals surface area contributed by atoms with Gasteiger partial charge >= 0.3 is 0 Å². The summed E-state index contributed by atoms with van der Waals surface area (Å²) in [5.41, 5.74) is 0. The van der Waals surface area contributed by atoms with E-state index in [1.165, 1.54) is 19.3 Å². The van der Waals surface area contributed by atoms with Gasteiger partial charge in [-0.25, -0.2) is 9.97 Å². The fourth-order valence-corrected chi connectivity index (χ4v) is 2.81. The third kappa shape index (κ3) is 2.94. The number of aromatic nitrogens is 2. The SMILES string of the molecule is Cc1nccc(NC2CC(C)CC(C)C2)n1. The van der Waals surface area contributed by atoms with E-state index < -0.39 is 0 Å². The summed E-state index contributed by atoms with van der Waals surface area (Å²) >= 11 is 0. The minimum absolute atomic E-state index is 0.577. The van der Waals surface area contributed by atoms with E-state index in [-0.39, 0.29) is 0 Å². The summed E-state index contributed by atoms with van der Waals surface area (Å²) in [6.07, 6.45) is 5.70.